The summed E-state index contributed by atoms with van der Waals surface area (Å²) in [4.78, 5) is 2.42. The summed E-state index contributed by atoms with van der Waals surface area (Å²) in [5.74, 6) is 0. The van der Waals surface area contributed by atoms with Gasteiger partial charge in [0.2, 0.25) is 0 Å². The van der Waals surface area contributed by atoms with Crippen molar-refractivity contribution in [3.8, 4) is 0 Å². The summed E-state index contributed by atoms with van der Waals surface area (Å²) in [6.45, 7) is 6.22. The first kappa shape index (κ1) is 12.0. The molecule has 1 atom stereocenters. The van der Waals surface area contributed by atoms with E-state index in [1.165, 1.54) is 0 Å². The quantitative estimate of drug-likeness (QED) is 0.904. The van der Waals surface area contributed by atoms with Crippen LogP contribution in [0.15, 0.2) is 28.7 Å². The number of fused-ring (bicyclic) bond motifs is 1. The molecule has 1 aliphatic rings. The Hall–Kier alpha value is -1.03. The second-order valence-electron chi connectivity index (χ2n) is 4.94. The molecule has 1 saturated heterocycles. The van der Waals surface area contributed by atoms with Gasteiger partial charge in [-0.25, -0.2) is 0 Å². The molecule has 18 heavy (non-hydrogen) atoms. The minimum Gasteiger partial charge on any atom is -0.444 e. The number of piperazine rings is 1. The third-order valence-electron chi connectivity index (χ3n) is 3.48. The summed E-state index contributed by atoms with van der Waals surface area (Å²) in [6.07, 6.45) is 0. The molecular weight excluding hydrogens is 248 g/mol. The average Bonchev–Trinajstić information content (AvgIpc) is 2.66. The van der Waals surface area contributed by atoms with Crippen LogP contribution >= 0.6 is 11.6 Å². The van der Waals surface area contributed by atoms with E-state index in [0.29, 0.717) is 11.3 Å². The lowest BCUT2D eigenvalue weighted by Gasteiger charge is -2.31. The smallest absolute Gasteiger partial charge is 0.199 e. The number of benzene rings is 1. The predicted molar refractivity (Wildman–Crippen MR) is 74.0 cm³/mol. The number of halogens is 1. The normalized spacial score (nSPS) is 21.6. The van der Waals surface area contributed by atoms with E-state index in [1.54, 1.807) is 0 Å². The van der Waals surface area contributed by atoms with E-state index < -0.39 is 0 Å². The summed E-state index contributed by atoms with van der Waals surface area (Å²) in [5, 5.41) is 5.11. The highest BCUT2D eigenvalue weighted by Gasteiger charge is 2.19. The molecule has 1 aliphatic heterocycles. The fraction of sp³-hybridized carbons (Fsp3) is 0.429. The molecule has 0 unspecified atom stereocenters. The van der Waals surface area contributed by atoms with Gasteiger partial charge in [-0.1, -0.05) is 18.2 Å². The molecule has 1 aromatic heterocycles. The van der Waals surface area contributed by atoms with Gasteiger partial charge in [-0.2, -0.15) is 0 Å². The van der Waals surface area contributed by atoms with E-state index in [-0.39, 0.29) is 0 Å². The summed E-state index contributed by atoms with van der Waals surface area (Å²) in [7, 11) is 0. The van der Waals surface area contributed by atoms with Crippen molar-refractivity contribution in [1.29, 1.82) is 0 Å². The zero-order valence-corrected chi connectivity index (χ0v) is 11.2. The lowest BCUT2D eigenvalue weighted by Crippen LogP contribution is -2.48. The molecule has 1 N–H and O–H groups in total. The fourth-order valence-electron chi connectivity index (χ4n) is 2.60. The van der Waals surface area contributed by atoms with Crippen molar-refractivity contribution in [2.75, 3.05) is 19.6 Å². The van der Waals surface area contributed by atoms with Gasteiger partial charge < -0.3 is 9.73 Å². The van der Waals surface area contributed by atoms with Gasteiger partial charge in [-0.3, -0.25) is 4.90 Å². The van der Waals surface area contributed by atoms with Crippen LogP contribution in [0.5, 0.6) is 0 Å². The maximum absolute atomic E-state index is 6.21. The second kappa shape index (κ2) is 4.92. The second-order valence-corrected chi connectivity index (χ2v) is 5.28. The molecule has 2 heterocycles. The van der Waals surface area contributed by atoms with Crippen LogP contribution in [0.2, 0.25) is 5.22 Å². The molecular formula is C14H17ClN2O. The number of furan rings is 1. The van der Waals surface area contributed by atoms with Crippen molar-refractivity contribution >= 4 is 22.6 Å². The number of nitrogens with one attached hydrogen (secondary N) is 1. The SMILES string of the molecule is C[C@H]1CN(Cc2c(Cl)oc3ccccc23)CCN1. The number of para-hydroxylation sites is 1. The van der Waals surface area contributed by atoms with Crippen LogP contribution in [0, 0.1) is 0 Å². The van der Waals surface area contributed by atoms with E-state index >= 15 is 0 Å². The highest BCUT2D eigenvalue weighted by Crippen LogP contribution is 2.30. The van der Waals surface area contributed by atoms with Crippen molar-refractivity contribution in [1.82, 2.24) is 10.2 Å². The predicted octanol–water partition coefficient (Wildman–Crippen LogP) is 2.88. The standard InChI is InChI=1S/C14H17ClN2O/c1-10-8-17(7-6-16-10)9-12-11-4-2-3-5-13(11)18-14(12)15/h2-5,10,16H,6-9H2,1H3/t10-/m0/s1. The van der Waals surface area contributed by atoms with Gasteiger partial charge in [0, 0.05) is 43.2 Å². The Labute approximate surface area is 112 Å². The van der Waals surface area contributed by atoms with Crippen LogP contribution in [0.25, 0.3) is 11.0 Å². The average molecular weight is 265 g/mol. The molecule has 0 amide bonds. The van der Waals surface area contributed by atoms with Crippen LogP contribution in [-0.4, -0.2) is 30.6 Å². The molecule has 0 aliphatic carbocycles. The Morgan fingerprint density at radius 2 is 2.28 bits per heavy atom. The van der Waals surface area contributed by atoms with E-state index in [9.17, 15) is 0 Å². The Kier molecular flexibility index (Phi) is 3.29. The minimum atomic E-state index is 0.530. The highest BCUT2D eigenvalue weighted by molar-refractivity contribution is 6.30. The largest absolute Gasteiger partial charge is 0.444 e. The first-order valence-electron chi connectivity index (χ1n) is 6.35. The number of rotatable bonds is 2. The molecule has 0 radical (unpaired) electrons. The summed E-state index contributed by atoms with van der Waals surface area (Å²) >= 11 is 6.21. The van der Waals surface area contributed by atoms with E-state index in [2.05, 4.69) is 23.2 Å². The van der Waals surface area contributed by atoms with Gasteiger partial charge in [0.05, 0.1) is 0 Å². The van der Waals surface area contributed by atoms with Gasteiger partial charge in [-0.15, -0.1) is 0 Å². The maximum Gasteiger partial charge on any atom is 0.199 e. The first-order chi connectivity index (χ1) is 8.74. The molecule has 2 aromatic rings. The zero-order valence-electron chi connectivity index (χ0n) is 10.4. The molecule has 0 saturated carbocycles. The summed E-state index contributed by atoms with van der Waals surface area (Å²) < 4.78 is 5.59. The Balaban J connectivity index is 1.87. The van der Waals surface area contributed by atoms with Crippen molar-refractivity contribution in [2.45, 2.75) is 19.5 Å². The molecule has 3 nitrogen and oxygen atoms in total. The van der Waals surface area contributed by atoms with Crippen molar-refractivity contribution < 1.29 is 4.42 Å². The Morgan fingerprint density at radius 1 is 1.44 bits per heavy atom. The number of nitrogens with zero attached hydrogens (tertiary/aromatic N) is 1. The fourth-order valence-corrected chi connectivity index (χ4v) is 2.84. The van der Waals surface area contributed by atoms with Crippen LogP contribution in [0.4, 0.5) is 0 Å². The number of hydrogen-bond acceptors (Lipinski definition) is 3. The van der Waals surface area contributed by atoms with Crippen LogP contribution < -0.4 is 5.32 Å². The molecule has 3 rings (SSSR count). The van der Waals surface area contributed by atoms with Gasteiger partial charge in [0.1, 0.15) is 5.58 Å². The van der Waals surface area contributed by atoms with E-state index in [1.807, 2.05) is 18.2 Å². The van der Waals surface area contributed by atoms with Crippen molar-refractivity contribution in [2.24, 2.45) is 0 Å². The lowest BCUT2D eigenvalue weighted by molar-refractivity contribution is 0.200. The summed E-state index contributed by atoms with van der Waals surface area (Å²) in [5.41, 5.74) is 1.99. The van der Waals surface area contributed by atoms with Crippen LogP contribution in [-0.2, 0) is 6.54 Å². The van der Waals surface area contributed by atoms with Crippen molar-refractivity contribution in [3.63, 3.8) is 0 Å². The summed E-state index contributed by atoms with van der Waals surface area (Å²) in [6, 6.07) is 8.57. The molecule has 0 bridgehead atoms. The Morgan fingerprint density at radius 3 is 3.11 bits per heavy atom. The number of hydrogen-bond donors (Lipinski definition) is 1. The molecule has 1 aromatic carbocycles. The van der Waals surface area contributed by atoms with Gasteiger partial charge >= 0.3 is 0 Å². The van der Waals surface area contributed by atoms with E-state index in [4.69, 9.17) is 16.0 Å². The lowest BCUT2D eigenvalue weighted by atomic mass is 10.1. The zero-order chi connectivity index (χ0) is 12.5. The third kappa shape index (κ3) is 2.26. The van der Waals surface area contributed by atoms with Crippen LogP contribution in [0.1, 0.15) is 12.5 Å². The third-order valence-corrected chi connectivity index (χ3v) is 3.79. The van der Waals surface area contributed by atoms with Gasteiger partial charge in [-0.05, 0) is 24.6 Å². The highest BCUT2D eigenvalue weighted by atomic mass is 35.5. The van der Waals surface area contributed by atoms with Crippen molar-refractivity contribution in [3.05, 3.63) is 35.0 Å². The van der Waals surface area contributed by atoms with Crippen LogP contribution in [0.3, 0.4) is 0 Å². The van der Waals surface area contributed by atoms with Gasteiger partial charge in [0.25, 0.3) is 0 Å². The molecule has 4 heteroatoms. The first-order valence-corrected chi connectivity index (χ1v) is 6.73. The molecule has 0 spiro atoms. The minimum absolute atomic E-state index is 0.530. The molecule has 1 fully saturated rings. The van der Waals surface area contributed by atoms with E-state index in [0.717, 1.165) is 42.7 Å². The maximum atomic E-state index is 6.21. The Bertz CT molecular complexity index is 552. The van der Waals surface area contributed by atoms with Gasteiger partial charge in [0.15, 0.2) is 5.22 Å². The topological polar surface area (TPSA) is 28.4 Å². The molecule has 96 valence electrons. The monoisotopic (exact) mass is 264 g/mol.